The Kier molecular flexibility index (Phi) is 5.90. The van der Waals surface area contributed by atoms with Crippen molar-refractivity contribution in [2.45, 2.75) is 45.3 Å². The molecule has 0 saturated heterocycles. The lowest BCUT2D eigenvalue weighted by atomic mass is 10.1. The molecule has 5 heteroatoms. The quantitative estimate of drug-likeness (QED) is 0.807. The fourth-order valence-electron chi connectivity index (χ4n) is 2.23. The maximum Gasteiger partial charge on any atom is 0.243 e. The average molecular weight is 289 g/mol. The molecule has 0 bridgehead atoms. The van der Waals surface area contributed by atoms with Crippen molar-refractivity contribution >= 4 is 0 Å². The molecule has 114 valence electrons. The van der Waals surface area contributed by atoms with Crippen LogP contribution in [-0.2, 0) is 11.2 Å². The lowest BCUT2D eigenvalue weighted by Crippen LogP contribution is -2.14. The van der Waals surface area contributed by atoms with Crippen molar-refractivity contribution in [3.05, 3.63) is 47.6 Å². The molecule has 2 atom stereocenters. The number of nitrogens with zero attached hydrogens (tertiary/aromatic N) is 2. The number of aromatic nitrogens is 2. The van der Waals surface area contributed by atoms with Gasteiger partial charge in [0.25, 0.3) is 0 Å². The molecule has 0 radical (unpaired) electrons. The molecule has 2 aromatic rings. The minimum absolute atomic E-state index is 0.110. The van der Waals surface area contributed by atoms with Crippen molar-refractivity contribution in [1.29, 1.82) is 0 Å². The molecule has 5 nitrogen and oxygen atoms in total. The van der Waals surface area contributed by atoms with E-state index < -0.39 is 0 Å². The van der Waals surface area contributed by atoms with Gasteiger partial charge < -0.3 is 15.0 Å². The molecule has 21 heavy (non-hydrogen) atoms. The van der Waals surface area contributed by atoms with E-state index in [1.807, 2.05) is 37.3 Å². The lowest BCUT2D eigenvalue weighted by molar-refractivity contribution is 0.0477. The molecule has 2 rings (SSSR count). The molecule has 1 heterocycles. The Balaban J connectivity index is 2.04. The van der Waals surface area contributed by atoms with Gasteiger partial charge in [-0.25, -0.2) is 0 Å². The normalized spacial score (nSPS) is 14.0. The average Bonchev–Trinajstić information content (AvgIpc) is 2.98. The third kappa shape index (κ3) is 4.37. The third-order valence-electron chi connectivity index (χ3n) is 3.28. The third-order valence-corrected chi connectivity index (χ3v) is 3.28. The Bertz CT molecular complexity index is 521. The highest BCUT2D eigenvalue weighted by Gasteiger charge is 2.21. The van der Waals surface area contributed by atoms with Gasteiger partial charge >= 0.3 is 0 Å². The highest BCUT2D eigenvalue weighted by atomic mass is 16.5. The van der Waals surface area contributed by atoms with E-state index in [4.69, 9.17) is 15.0 Å². The highest BCUT2D eigenvalue weighted by Crippen LogP contribution is 2.22. The molecule has 0 fully saturated rings. The van der Waals surface area contributed by atoms with E-state index in [0.717, 1.165) is 18.4 Å². The standard InChI is InChI=1S/C16H23N3O2/c1-3-8-14(20-4-2)15-18-16(21-19-15)13(17)11-12-9-6-5-7-10-12/h5-7,9-10,13-14H,3-4,8,11,17H2,1-2H3. The molecule has 1 aromatic heterocycles. The van der Waals surface area contributed by atoms with Crippen LogP contribution in [0.25, 0.3) is 0 Å². The largest absolute Gasteiger partial charge is 0.370 e. The van der Waals surface area contributed by atoms with Crippen molar-refractivity contribution in [2.24, 2.45) is 5.73 Å². The van der Waals surface area contributed by atoms with Gasteiger partial charge in [0, 0.05) is 6.61 Å². The molecular weight excluding hydrogens is 266 g/mol. The first kappa shape index (κ1) is 15.7. The fourth-order valence-corrected chi connectivity index (χ4v) is 2.23. The molecule has 0 amide bonds. The Morgan fingerprint density at radius 1 is 1.24 bits per heavy atom. The Morgan fingerprint density at radius 3 is 2.67 bits per heavy atom. The van der Waals surface area contributed by atoms with E-state index in [9.17, 15) is 0 Å². The maximum absolute atomic E-state index is 6.15. The smallest absolute Gasteiger partial charge is 0.243 e. The molecule has 2 N–H and O–H groups in total. The lowest BCUT2D eigenvalue weighted by Gasteiger charge is -2.11. The molecular formula is C16H23N3O2. The minimum atomic E-state index is -0.294. The Morgan fingerprint density at radius 2 is 2.00 bits per heavy atom. The van der Waals surface area contributed by atoms with E-state index >= 15 is 0 Å². The molecule has 0 saturated carbocycles. The van der Waals surface area contributed by atoms with Crippen LogP contribution in [0.2, 0.25) is 0 Å². The maximum atomic E-state index is 6.15. The first-order chi connectivity index (χ1) is 10.2. The summed E-state index contributed by atoms with van der Waals surface area (Å²) in [5, 5.41) is 4.03. The van der Waals surface area contributed by atoms with Crippen molar-refractivity contribution in [1.82, 2.24) is 10.1 Å². The van der Waals surface area contributed by atoms with Gasteiger partial charge in [0.05, 0.1) is 6.04 Å². The minimum Gasteiger partial charge on any atom is -0.370 e. The van der Waals surface area contributed by atoms with Crippen LogP contribution in [0.3, 0.4) is 0 Å². The Hall–Kier alpha value is -1.72. The fraction of sp³-hybridized carbons (Fsp3) is 0.500. The van der Waals surface area contributed by atoms with Gasteiger partial charge in [-0.2, -0.15) is 4.98 Å². The molecule has 0 spiro atoms. The predicted molar refractivity (Wildman–Crippen MR) is 80.6 cm³/mol. The van der Waals surface area contributed by atoms with Gasteiger partial charge in [-0.05, 0) is 25.3 Å². The zero-order valence-electron chi connectivity index (χ0n) is 12.7. The van der Waals surface area contributed by atoms with Gasteiger partial charge in [-0.3, -0.25) is 0 Å². The van der Waals surface area contributed by atoms with Crippen LogP contribution in [0.1, 0.15) is 56.1 Å². The van der Waals surface area contributed by atoms with Crippen LogP contribution in [0, 0.1) is 0 Å². The number of ether oxygens (including phenoxy) is 1. The van der Waals surface area contributed by atoms with Gasteiger partial charge in [-0.15, -0.1) is 0 Å². The van der Waals surface area contributed by atoms with Crippen LogP contribution in [0.15, 0.2) is 34.9 Å². The summed E-state index contributed by atoms with van der Waals surface area (Å²) in [6, 6.07) is 9.75. The Labute approximate surface area is 125 Å². The van der Waals surface area contributed by atoms with Crippen molar-refractivity contribution in [2.75, 3.05) is 6.61 Å². The molecule has 2 unspecified atom stereocenters. The summed E-state index contributed by atoms with van der Waals surface area (Å²) < 4.78 is 11.0. The molecule has 0 aliphatic rings. The van der Waals surface area contributed by atoms with E-state index in [2.05, 4.69) is 17.1 Å². The van der Waals surface area contributed by atoms with Crippen LogP contribution in [0.4, 0.5) is 0 Å². The van der Waals surface area contributed by atoms with Gasteiger partial charge in [0.1, 0.15) is 6.10 Å². The SMILES string of the molecule is CCCC(OCC)c1noc(C(N)Cc2ccccc2)n1. The number of hydrogen-bond acceptors (Lipinski definition) is 5. The zero-order chi connectivity index (χ0) is 15.1. The second-order valence-corrected chi connectivity index (χ2v) is 5.02. The topological polar surface area (TPSA) is 74.2 Å². The predicted octanol–water partition coefficient (Wildman–Crippen LogP) is 3.19. The van der Waals surface area contributed by atoms with Crippen molar-refractivity contribution < 1.29 is 9.26 Å². The molecule has 1 aromatic carbocycles. The summed E-state index contributed by atoms with van der Waals surface area (Å²) in [6.07, 6.45) is 2.45. The van der Waals surface area contributed by atoms with E-state index in [1.54, 1.807) is 0 Å². The molecule has 0 aliphatic heterocycles. The van der Waals surface area contributed by atoms with E-state index in [-0.39, 0.29) is 12.1 Å². The summed E-state index contributed by atoms with van der Waals surface area (Å²) in [6.45, 7) is 4.70. The summed E-state index contributed by atoms with van der Waals surface area (Å²) in [4.78, 5) is 4.42. The van der Waals surface area contributed by atoms with Crippen LogP contribution < -0.4 is 5.73 Å². The van der Waals surface area contributed by atoms with Crippen molar-refractivity contribution in [3.63, 3.8) is 0 Å². The first-order valence-corrected chi connectivity index (χ1v) is 7.49. The first-order valence-electron chi connectivity index (χ1n) is 7.49. The van der Waals surface area contributed by atoms with Crippen molar-refractivity contribution in [3.8, 4) is 0 Å². The summed E-state index contributed by atoms with van der Waals surface area (Å²) >= 11 is 0. The van der Waals surface area contributed by atoms with E-state index in [1.165, 1.54) is 0 Å². The number of hydrogen-bond donors (Lipinski definition) is 1. The number of benzene rings is 1. The van der Waals surface area contributed by atoms with Gasteiger partial charge in [-0.1, -0.05) is 48.8 Å². The summed E-state index contributed by atoms with van der Waals surface area (Å²) in [5.41, 5.74) is 7.30. The second-order valence-electron chi connectivity index (χ2n) is 5.02. The molecule has 0 aliphatic carbocycles. The summed E-state index contributed by atoms with van der Waals surface area (Å²) in [5.74, 6) is 1.06. The van der Waals surface area contributed by atoms with Crippen LogP contribution in [0.5, 0.6) is 0 Å². The summed E-state index contributed by atoms with van der Waals surface area (Å²) in [7, 11) is 0. The van der Waals surface area contributed by atoms with Crippen LogP contribution in [-0.4, -0.2) is 16.7 Å². The van der Waals surface area contributed by atoms with Crippen LogP contribution >= 0.6 is 0 Å². The second kappa shape index (κ2) is 7.90. The van der Waals surface area contributed by atoms with Gasteiger partial charge in [0.15, 0.2) is 0 Å². The number of rotatable bonds is 8. The van der Waals surface area contributed by atoms with E-state index in [0.29, 0.717) is 24.7 Å². The monoisotopic (exact) mass is 289 g/mol. The van der Waals surface area contributed by atoms with Gasteiger partial charge in [0.2, 0.25) is 11.7 Å². The number of nitrogens with two attached hydrogens (primary N) is 1. The highest BCUT2D eigenvalue weighted by molar-refractivity contribution is 5.16. The zero-order valence-corrected chi connectivity index (χ0v) is 12.7.